The van der Waals surface area contributed by atoms with E-state index in [1.54, 1.807) is 31.2 Å². The number of carbonyl (C=O) groups is 3. The zero-order valence-electron chi connectivity index (χ0n) is 17.6. The summed E-state index contributed by atoms with van der Waals surface area (Å²) in [5, 5.41) is 4.63. The summed E-state index contributed by atoms with van der Waals surface area (Å²) in [6.45, 7) is 1.03. The van der Waals surface area contributed by atoms with Crippen LogP contribution >= 0.6 is 0 Å². The van der Waals surface area contributed by atoms with Crippen LogP contribution in [-0.2, 0) is 19.6 Å². The van der Waals surface area contributed by atoms with Gasteiger partial charge in [-0.2, -0.15) is 0 Å². The van der Waals surface area contributed by atoms with Crippen molar-refractivity contribution in [2.24, 2.45) is 11.7 Å². The molecular formula is C21H24N4O6S. The van der Waals surface area contributed by atoms with Crippen molar-refractivity contribution >= 4 is 39.2 Å². The highest BCUT2D eigenvalue weighted by molar-refractivity contribution is 7.92. The standard InChI is InChI=1S/C21H24N4O6S/c1-13-7-10-15(11-16(13)23-20(27)14-8-9-14)32(29,30)25(12-19(26)24-21(22)28)17-5-3-4-6-18(17)31-2/h3-7,10-11,14H,8-9,12H2,1-2H3,(H,23,27)(H3,22,24,26,28). The molecule has 0 spiro atoms. The number of nitrogens with zero attached hydrogens (tertiary/aromatic N) is 1. The number of primary amides is 1. The Morgan fingerprint density at radius 3 is 2.47 bits per heavy atom. The number of amides is 4. The summed E-state index contributed by atoms with van der Waals surface area (Å²) in [5.74, 6) is -0.930. The first kappa shape index (κ1) is 23.1. The molecule has 0 aliphatic heterocycles. The van der Waals surface area contributed by atoms with Crippen LogP contribution in [0.2, 0.25) is 0 Å². The Labute approximate surface area is 185 Å². The lowest BCUT2D eigenvalue weighted by Crippen LogP contribution is -2.44. The molecule has 11 heteroatoms. The highest BCUT2D eigenvalue weighted by Crippen LogP contribution is 2.34. The number of hydrogen-bond donors (Lipinski definition) is 3. The molecule has 0 unspecified atom stereocenters. The van der Waals surface area contributed by atoms with Crippen LogP contribution in [0.5, 0.6) is 5.75 Å². The fraction of sp³-hybridized carbons (Fsp3) is 0.286. The van der Waals surface area contributed by atoms with Gasteiger partial charge in [-0.05, 0) is 49.6 Å². The average Bonchev–Trinajstić information content (AvgIpc) is 3.58. The monoisotopic (exact) mass is 460 g/mol. The molecule has 1 saturated carbocycles. The first-order chi connectivity index (χ1) is 15.1. The minimum Gasteiger partial charge on any atom is -0.495 e. The second kappa shape index (κ2) is 9.27. The lowest BCUT2D eigenvalue weighted by atomic mass is 10.2. The van der Waals surface area contributed by atoms with E-state index in [0.29, 0.717) is 11.3 Å². The molecule has 4 N–H and O–H groups in total. The number of imide groups is 1. The van der Waals surface area contributed by atoms with Crippen LogP contribution in [0.15, 0.2) is 47.4 Å². The number of urea groups is 1. The Morgan fingerprint density at radius 1 is 1.16 bits per heavy atom. The van der Waals surface area contributed by atoms with Gasteiger partial charge in [0.1, 0.15) is 12.3 Å². The van der Waals surface area contributed by atoms with Crippen molar-refractivity contribution in [3.05, 3.63) is 48.0 Å². The van der Waals surface area contributed by atoms with Crippen molar-refractivity contribution in [3.8, 4) is 5.75 Å². The van der Waals surface area contributed by atoms with Crippen LogP contribution in [0.4, 0.5) is 16.2 Å². The highest BCUT2D eigenvalue weighted by Gasteiger charge is 2.32. The largest absolute Gasteiger partial charge is 0.495 e. The van der Waals surface area contributed by atoms with E-state index >= 15 is 0 Å². The van der Waals surface area contributed by atoms with E-state index in [1.807, 2.05) is 5.32 Å². The van der Waals surface area contributed by atoms with Crippen LogP contribution < -0.4 is 25.4 Å². The summed E-state index contributed by atoms with van der Waals surface area (Å²) in [6, 6.07) is 9.44. The molecule has 2 aromatic rings. The van der Waals surface area contributed by atoms with Gasteiger partial charge in [0.05, 0.1) is 17.7 Å². The Kier molecular flexibility index (Phi) is 6.68. The van der Waals surface area contributed by atoms with Gasteiger partial charge >= 0.3 is 6.03 Å². The summed E-state index contributed by atoms with van der Waals surface area (Å²) in [5.41, 5.74) is 6.14. The number of hydrogen-bond acceptors (Lipinski definition) is 6. The predicted octanol–water partition coefficient (Wildman–Crippen LogP) is 1.74. The average molecular weight is 461 g/mol. The second-order valence-electron chi connectivity index (χ2n) is 7.34. The van der Waals surface area contributed by atoms with Crippen molar-refractivity contribution < 1.29 is 27.5 Å². The number of methoxy groups -OCH3 is 1. The van der Waals surface area contributed by atoms with E-state index in [-0.39, 0.29) is 28.2 Å². The Balaban J connectivity index is 2.03. The Hall–Kier alpha value is -3.60. The molecule has 2 aromatic carbocycles. The van der Waals surface area contributed by atoms with Crippen molar-refractivity contribution in [2.75, 3.05) is 23.3 Å². The van der Waals surface area contributed by atoms with E-state index in [1.165, 1.54) is 25.3 Å². The fourth-order valence-corrected chi connectivity index (χ4v) is 4.50. The second-order valence-corrected chi connectivity index (χ2v) is 9.20. The molecule has 1 aliphatic rings. The number of nitrogens with two attached hydrogens (primary N) is 1. The number of nitrogens with one attached hydrogen (secondary N) is 2. The molecule has 0 heterocycles. The molecule has 4 amide bonds. The number of ether oxygens (including phenoxy) is 1. The van der Waals surface area contributed by atoms with Crippen molar-refractivity contribution in [1.29, 1.82) is 0 Å². The maximum Gasteiger partial charge on any atom is 0.318 e. The van der Waals surface area contributed by atoms with E-state index in [2.05, 4.69) is 5.32 Å². The lowest BCUT2D eigenvalue weighted by Gasteiger charge is -2.25. The first-order valence-corrected chi connectivity index (χ1v) is 11.2. The molecule has 170 valence electrons. The summed E-state index contributed by atoms with van der Waals surface area (Å²) >= 11 is 0. The molecular weight excluding hydrogens is 436 g/mol. The number of sulfonamides is 1. The molecule has 0 atom stereocenters. The molecule has 1 fully saturated rings. The summed E-state index contributed by atoms with van der Waals surface area (Å²) in [4.78, 5) is 35.4. The van der Waals surface area contributed by atoms with Gasteiger partial charge < -0.3 is 15.8 Å². The van der Waals surface area contributed by atoms with Gasteiger partial charge in [-0.25, -0.2) is 13.2 Å². The normalized spacial score (nSPS) is 13.2. The molecule has 0 bridgehead atoms. The Morgan fingerprint density at radius 2 is 1.84 bits per heavy atom. The van der Waals surface area contributed by atoms with E-state index in [9.17, 15) is 22.8 Å². The number of rotatable bonds is 8. The third-order valence-electron chi connectivity index (χ3n) is 4.91. The van der Waals surface area contributed by atoms with Gasteiger partial charge in [0.15, 0.2) is 0 Å². The van der Waals surface area contributed by atoms with Gasteiger partial charge in [-0.15, -0.1) is 0 Å². The molecule has 0 radical (unpaired) electrons. The minimum absolute atomic E-state index is 0.0581. The van der Waals surface area contributed by atoms with Crippen LogP contribution in [0, 0.1) is 12.8 Å². The fourth-order valence-electron chi connectivity index (χ4n) is 3.05. The molecule has 10 nitrogen and oxygen atoms in total. The minimum atomic E-state index is -4.31. The molecule has 0 aromatic heterocycles. The van der Waals surface area contributed by atoms with E-state index in [4.69, 9.17) is 10.5 Å². The number of aryl methyl sites for hydroxylation is 1. The summed E-state index contributed by atoms with van der Waals surface area (Å²) < 4.78 is 33.2. The molecule has 0 saturated heterocycles. The zero-order valence-corrected chi connectivity index (χ0v) is 18.4. The summed E-state index contributed by atoms with van der Waals surface area (Å²) in [6.07, 6.45) is 1.61. The topological polar surface area (TPSA) is 148 Å². The Bertz CT molecular complexity index is 1160. The van der Waals surface area contributed by atoms with Crippen molar-refractivity contribution in [1.82, 2.24) is 5.32 Å². The predicted molar refractivity (Wildman–Crippen MR) is 118 cm³/mol. The quantitative estimate of drug-likeness (QED) is 0.547. The third kappa shape index (κ3) is 5.17. The van der Waals surface area contributed by atoms with Gasteiger partial charge in [0.2, 0.25) is 11.8 Å². The number of para-hydroxylation sites is 2. The third-order valence-corrected chi connectivity index (χ3v) is 6.66. The van der Waals surface area contributed by atoms with Crippen molar-refractivity contribution in [2.45, 2.75) is 24.7 Å². The highest BCUT2D eigenvalue weighted by atomic mass is 32.2. The maximum atomic E-state index is 13.6. The number of anilines is 2. The van der Waals surface area contributed by atoms with Gasteiger partial charge in [0.25, 0.3) is 10.0 Å². The zero-order chi connectivity index (χ0) is 23.5. The molecule has 3 rings (SSSR count). The smallest absolute Gasteiger partial charge is 0.318 e. The van der Waals surface area contributed by atoms with E-state index < -0.39 is 28.5 Å². The van der Waals surface area contributed by atoms with Gasteiger partial charge in [-0.1, -0.05) is 18.2 Å². The first-order valence-electron chi connectivity index (χ1n) is 9.80. The van der Waals surface area contributed by atoms with Gasteiger partial charge in [0, 0.05) is 11.6 Å². The van der Waals surface area contributed by atoms with Crippen LogP contribution in [0.1, 0.15) is 18.4 Å². The van der Waals surface area contributed by atoms with Crippen molar-refractivity contribution in [3.63, 3.8) is 0 Å². The molecule has 32 heavy (non-hydrogen) atoms. The number of benzene rings is 2. The van der Waals surface area contributed by atoms with Crippen LogP contribution in [0.3, 0.4) is 0 Å². The van der Waals surface area contributed by atoms with Crippen LogP contribution in [-0.4, -0.2) is 39.9 Å². The SMILES string of the molecule is COc1ccccc1N(CC(=O)NC(N)=O)S(=O)(=O)c1ccc(C)c(NC(=O)C2CC2)c1. The summed E-state index contributed by atoms with van der Waals surface area (Å²) in [7, 11) is -2.94. The molecule has 1 aliphatic carbocycles. The van der Waals surface area contributed by atoms with E-state index in [0.717, 1.165) is 17.1 Å². The van der Waals surface area contributed by atoms with Crippen LogP contribution in [0.25, 0.3) is 0 Å². The lowest BCUT2D eigenvalue weighted by molar-refractivity contribution is -0.118. The number of carbonyl (C=O) groups excluding carboxylic acids is 3. The maximum absolute atomic E-state index is 13.6. The van der Waals surface area contributed by atoms with Gasteiger partial charge in [-0.3, -0.25) is 19.2 Å².